The number of amides is 3. The molecule has 2 fully saturated rings. The van der Waals surface area contributed by atoms with E-state index in [0.717, 1.165) is 16.8 Å². The minimum Gasteiger partial charge on any atom is -0.494 e. The number of anilines is 1. The summed E-state index contributed by atoms with van der Waals surface area (Å²) in [5.74, 6) is 0.348. The number of nitrogens with one attached hydrogen (secondary N) is 1. The molecule has 4 heterocycles. The number of benzene rings is 2. The number of carbonyl (C=O) groups is 3. The van der Waals surface area contributed by atoms with Crippen LogP contribution >= 0.6 is 0 Å². The van der Waals surface area contributed by atoms with Crippen LogP contribution in [0.5, 0.6) is 5.75 Å². The van der Waals surface area contributed by atoms with Gasteiger partial charge in [0.1, 0.15) is 17.7 Å². The van der Waals surface area contributed by atoms with Crippen molar-refractivity contribution in [1.82, 2.24) is 10.2 Å². The Hall–Kier alpha value is -3.39. The van der Waals surface area contributed by atoms with Crippen LogP contribution in [0.25, 0.3) is 0 Å². The van der Waals surface area contributed by atoms with Gasteiger partial charge in [-0.25, -0.2) is 0 Å². The van der Waals surface area contributed by atoms with Gasteiger partial charge in [-0.05, 0) is 55.0 Å². The van der Waals surface area contributed by atoms with Gasteiger partial charge in [-0.3, -0.25) is 14.4 Å². The number of likely N-dealkylation sites (tertiary alicyclic amines) is 1. The lowest BCUT2D eigenvalue weighted by Gasteiger charge is -2.37. The maximum absolute atomic E-state index is 14.4. The lowest BCUT2D eigenvalue weighted by molar-refractivity contribution is -0.140. The summed E-state index contributed by atoms with van der Waals surface area (Å²) in [5.41, 5.74) is 1.57. The van der Waals surface area contributed by atoms with Crippen molar-refractivity contribution in [2.75, 3.05) is 44.4 Å². The summed E-state index contributed by atoms with van der Waals surface area (Å²) in [4.78, 5) is 44.6. The number of hydrogen-bond donors (Lipinski definition) is 1. The number of rotatable bonds is 1. The molecular weight excluding hydrogens is 458 g/mol. The van der Waals surface area contributed by atoms with Crippen LogP contribution in [-0.4, -0.2) is 62.1 Å². The molecule has 4 aliphatic heterocycles. The summed E-state index contributed by atoms with van der Waals surface area (Å²) in [6, 6.07) is 15.0. The second kappa shape index (κ2) is 9.24. The number of carbonyl (C=O) groups excluding carboxylic acids is 3. The monoisotopic (exact) mass is 489 g/mol. The Kier molecular flexibility index (Phi) is 5.91. The third-order valence-corrected chi connectivity index (χ3v) is 8.07. The van der Waals surface area contributed by atoms with Crippen LogP contribution in [0.4, 0.5) is 5.69 Å². The van der Waals surface area contributed by atoms with Gasteiger partial charge in [0, 0.05) is 37.9 Å². The maximum Gasteiger partial charge on any atom is 0.240 e. The molecule has 0 aromatic heterocycles. The fraction of sp³-hybridized carbons (Fsp3) is 0.464. The van der Waals surface area contributed by atoms with Crippen molar-refractivity contribution >= 4 is 23.4 Å². The molecule has 8 nitrogen and oxygen atoms in total. The second-order valence-corrected chi connectivity index (χ2v) is 10.1. The first-order chi connectivity index (χ1) is 17.6. The number of para-hydroxylation sites is 1. The number of nitrogens with zero attached hydrogens (tertiary/aromatic N) is 2. The minimum atomic E-state index is -0.958. The van der Waals surface area contributed by atoms with Crippen molar-refractivity contribution in [1.29, 1.82) is 0 Å². The number of fused-ring (bicyclic) bond motifs is 6. The Morgan fingerprint density at radius 1 is 1.03 bits per heavy atom. The zero-order valence-corrected chi connectivity index (χ0v) is 20.3. The van der Waals surface area contributed by atoms with E-state index in [1.165, 1.54) is 0 Å². The lowest BCUT2D eigenvalue weighted by Crippen LogP contribution is -2.49. The normalized spacial score (nSPS) is 26.5. The zero-order chi connectivity index (χ0) is 24.7. The largest absolute Gasteiger partial charge is 0.494 e. The zero-order valence-electron chi connectivity index (χ0n) is 20.3. The standard InChI is InChI=1S/C28H31N3O5/c32-24-18-31-23-8-2-1-7-22(23)28(27(31)34)11-13-30(26(33)19-9-15-35-16-10-19)25(28)20-5-3-6-21(17-20)36-14-4-12-29-24/h1-3,5-8,17,19,25H,4,9-16,18H2,(H,29,32)/t25-,28+/m0/s1. The Bertz CT molecular complexity index is 1190. The molecule has 188 valence electrons. The van der Waals surface area contributed by atoms with Crippen LogP contribution in [0.2, 0.25) is 0 Å². The van der Waals surface area contributed by atoms with Gasteiger partial charge < -0.3 is 24.6 Å². The third kappa shape index (κ3) is 3.66. The molecule has 1 N–H and O–H groups in total. The summed E-state index contributed by atoms with van der Waals surface area (Å²) in [7, 11) is 0. The summed E-state index contributed by atoms with van der Waals surface area (Å²) < 4.78 is 11.5. The Labute approximate surface area is 210 Å². The predicted octanol–water partition coefficient (Wildman–Crippen LogP) is 2.57. The van der Waals surface area contributed by atoms with E-state index in [0.29, 0.717) is 64.3 Å². The Balaban J connectivity index is 1.51. The summed E-state index contributed by atoms with van der Waals surface area (Å²) in [6.45, 7) is 2.53. The number of hydrogen-bond acceptors (Lipinski definition) is 5. The molecule has 0 saturated carbocycles. The van der Waals surface area contributed by atoms with Crippen molar-refractivity contribution in [2.24, 2.45) is 5.92 Å². The summed E-state index contributed by atoms with van der Waals surface area (Å²) in [5, 5.41) is 2.92. The van der Waals surface area contributed by atoms with E-state index in [9.17, 15) is 14.4 Å². The quantitative estimate of drug-likeness (QED) is 0.665. The van der Waals surface area contributed by atoms with Crippen molar-refractivity contribution in [3.63, 3.8) is 0 Å². The average molecular weight is 490 g/mol. The van der Waals surface area contributed by atoms with Gasteiger partial charge >= 0.3 is 0 Å². The summed E-state index contributed by atoms with van der Waals surface area (Å²) in [6.07, 6.45) is 2.54. The lowest BCUT2D eigenvalue weighted by atomic mass is 9.72. The van der Waals surface area contributed by atoms with E-state index < -0.39 is 11.5 Å². The molecule has 8 heteroatoms. The molecule has 0 radical (unpaired) electrons. The van der Waals surface area contributed by atoms with Crippen LogP contribution in [-0.2, 0) is 24.5 Å². The molecule has 2 atom stereocenters. The molecular formula is C28H31N3O5. The van der Waals surface area contributed by atoms with Crippen molar-refractivity contribution in [3.8, 4) is 5.75 Å². The fourth-order valence-corrected chi connectivity index (χ4v) is 6.39. The minimum absolute atomic E-state index is 0.0425. The van der Waals surface area contributed by atoms with Crippen LogP contribution in [0, 0.1) is 5.92 Å². The first-order valence-electron chi connectivity index (χ1n) is 12.9. The molecule has 0 aliphatic carbocycles. The van der Waals surface area contributed by atoms with E-state index in [-0.39, 0.29) is 30.2 Å². The Morgan fingerprint density at radius 3 is 2.72 bits per heavy atom. The van der Waals surface area contributed by atoms with E-state index in [2.05, 4.69) is 5.32 Å². The van der Waals surface area contributed by atoms with Gasteiger partial charge in [-0.15, -0.1) is 0 Å². The molecule has 0 unspecified atom stereocenters. The highest BCUT2D eigenvalue weighted by Crippen LogP contribution is 2.57. The van der Waals surface area contributed by atoms with Crippen molar-refractivity contribution < 1.29 is 23.9 Å². The van der Waals surface area contributed by atoms with Gasteiger partial charge in [0.2, 0.25) is 17.7 Å². The first-order valence-corrected chi connectivity index (χ1v) is 12.9. The molecule has 1 spiro atoms. The third-order valence-electron chi connectivity index (χ3n) is 8.07. The maximum atomic E-state index is 14.4. The van der Waals surface area contributed by atoms with Crippen LogP contribution in [0.1, 0.15) is 42.9 Å². The molecule has 2 aromatic rings. The highest BCUT2D eigenvalue weighted by molar-refractivity contribution is 6.12. The van der Waals surface area contributed by atoms with E-state index in [1.807, 2.05) is 53.4 Å². The highest BCUT2D eigenvalue weighted by atomic mass is 16.5. The highest BCUT2D eigenvalue weighted by Gasteiger charge is 2.62. The second-order valence-electron chi connectivity index (χ2n) is 10.1. The molecule has 6 rings (SSSR count). The van der Waals surface area contributed by atoms with Crippen LogP contribution < -0.4 is 15.0 Å². The van der Waals surface area contributed by atoms with Crippen LogP contribution in [0.15, 0.2) is 48.5 Å². The molecule has 2 aromatic carbocycles. The van der Waals surface area contributed by atoms with E-state index in [1.54, 1.807) is 4.90 Å². The molecule has 4 aliphatic rings. The SMILES string of the molecule is O=C1CN2C(=O)[C@]3(CCN(C(=O)C4CCOCC4)[C@H]3c3cccc(c3)OCCCN1)c1ccccc12. The molecule has 36 heavy (non-hydrogen) atoms. The molecule has 4 bridgehead atoms. The van der Waals surface area contributed by atoms with Gasteiger partial charge in [0.15, 0.2) is 0 Å². The van der Waals surface area contributed by atoms with Gasteiger partial charge in [-0.2, -0.15) is 0 Å². The average Bonchev–Trinajstić information content (AvgIpc) is 3.41. The van der Waals surface area contributed by atoms with E-state index >= 15 is 0 Å². The van der Waals surface area contributed by atoms with Gasteiger partial charge in [-0.1, -0.05) is 30.3 Å². The molecule has 3 amide bonds. The van der Waals surface area contributed by atoms with Crippen LogP contribution in [0.3, 0.4) is 0 Å². The Morgan fingerprint density at radius 2 is 1.86 bits per heavy atom. The van der Waals surface area contributed by atoms with Gasteiger partial charge in [0.25, 0.3) is 0 Å². The predicted molar refractivity (Wildman–Crippen MR) is 133 cm³/mol. The van der Waals surface area contributed by atoms with Gasteiger partial charge in [0.05, 0.1) is 12.6 Å². The van der Waals surface area contributed by atoms with E-state index in [4.69, 9.17) is 9.47 Å². The summed E-state index contributed by atoms with van der Waals surface area (Å²) >= 11 is 0. The van der Waals surface area contributed by atoms with Crippen molar-refractivity contribution in [3.05, 3.63) is 59.7 Å². The van der Waals surface area contributed by atoms with Crippen molar-refractivity contribution in [2.45, 2.75) is 37.1 Å². The number of ether oxygens (including phenoxy) is 2. The topological polar surface area (TPSA) is 88.2 Å². The first kappa shape index (κ1) is 23.0. The smallest absolute Gasteiger partial charge is 0.240 e. The molecule has 2 saturated heterocycles. The fourth-order valence-electron chi connectivity index (χ4n) is 6.39.